The van der Waals surface area contributed by atoms with Gasteiger partial charge in [-0.3, -0.25) is 4.79 Å². The first-order valence-electron chi connectivity index (χ1n) is 9.56. The summed E-state index contributed by atoms with van der Waals surface area (Å²) < 4.78 is 0. The average molecular weight is 419 g/mol. The minimum atomic E-state index is -2.68. The first-order chi connectivity index (χ1) is 13.5. The van der Waals surface area contributed by atoms with Crippen LogP contribution in [0.4, 0.5) is 0 Å². The van der Waals surface area contributed by atoms with Gasteiger partial charge in [0.05, 0.1) is 5.92 Å². The Morgan fingerprint density at radius 1 is 1.24 bits per heavy atom. The van der Waals surface area contributed by atoms with Crippen LogP contribution in [-0.4, -0.2) is 44.0 Å². The molecule has 2 aromatic carbocycles. The zero-order valence-electron chi connectivity index (χ0n) is 16.9. The van der Waals surface area contributed by atoms with E-state index in [9.17, 15) is 30.0 Å². The number of hydrogen-bond acceptors (Lipinski definition) is 6. The van der Waals surface area contributed by atoms with Crippen molar-refractivity contribution in [2.24, 2.45) is 11.8 Å². The highest BCUT2D eigenvalue weighted by Gasteiger charge is 2.65. The molecule has 0 unspecified atom stereocenters. The van der Waals surface area contributed by atoms with Crippen molar-refractivity contribution >= 4 is 34.3 Å². The standard InChI is InChI=1S/C22H26O6S/c1-11(2)8-9-21(27)15-10-14-13(6-5-7-16(14)23)19(29-4)17(15)18(24)12(3)22(21,28)20(25)26/h5-7,10-12,23,27-28H,8-9H2,1-4H3,(H,25,26)/t12-,21+,22-/m0/s1. The van der Waals surface area contributed by atoms with Gasteiger partial charge in [-0.1, -0.05) is 32.9 Å². The smallest absolute Gasteiger partial charge is 0.339 e. The van der Waals surface area contributed by atoms with Gasteiger partial charge in [-0.05, 0) is 48.1 Å². The van der Waals surface area contributed by atoms with E-state index < -0.39 is 28.9 Å². The number of aromatic hydroxyl groups is 1. The van der Waals surface area contributed by atoms with E-state index in [1.54, 1.807) is 18.4 Å². The van der Waals surface area contributed by atoms with E-state index in [0.29, 0.717) is 22.1 Å². The van der Waals surface area contributed by atoms with Crippen molar-refractivity contribution in [3.63, 3.8) is 0 Å². The van der Waals surface area contributed by atoms with Crippen LogP contribution in [0.25, 0.3) is 10.8 Å². The van der Waals surface area contributed by atoms with E-state index in [1.165, 1.54) is 30.8 Å². The molecule has 156 valence electrons. The molecule has 0 saturated heterocycles. The Bertz CT molecular complexity index is 1000. The Morgan fingerprint density at radius 2 is 1.90 bits per heavy atom. The van der Waals surface area contributed by atoms with Crippen molar-refractivity contribution in [1.82, 2.24) is 0 Å². The van der Waals surface area contributed by atoms with Crippen LogP contribution in [0.2, 0.25) is 0 Å². The van der Waals surface area contributed by atoms with Gasteiger partial charge in [-0.25, -0.2) is 4.79 Å². The zero-order valence-corrected chi connectivity index (χ0v) is 17.7. The van der Waals surface area contributed by atoms with Crippen molar-refractivity contribution in [1.29, 1.82) is 0 Å². The number of thioether (sulfide) groups is 1. The third-order valence-electron chi connectivity index (χ3n) is 6.07. The molecule has 0 aromatic heterocycles. The maximum absolute atomic E-state index is 13.3. The minimum absolute atomic E-state index is 0.0367. The van der Waals surface area contributed by atoms with E-state index in [1.807, 2.05) is 13.8 Å². The van der Waals surface area contributed by atoms with Crippen LogP contribution < -0.4 is 0 Å². The number of carbonyl (C=O) groups is 2. The van der Waals surface area contributed by atoms with Gasteiger partial charge in [0.1, 0.15) is 11.4 Å². The SMILES string of the molecule is CSc1c2c(cc3c(O)cccc13)[C@](O)(CCC(C)C)[C@@](O)(C(=O)O)[C@@H](C)C2=O. The van der Waals surface area contributed by atoms with E-state index in [4.69, 9.17) is 0 Å². The number of rotatable bonds is 5. The van der Waals surface area contributed by atoms with Crippen LogP contribution in [0.1, 0.15) is 49.5 Å². The van der Waals surface area contributed by atoms with Crippen LogP contribution in [0, 0.1) is 11.8 Å². The molecular weight excluding hydrogens is 392 g/mol. The van der Waals surface area contributed by atoms with Gasteiger partial charge in [0.2, 0.25) is 5.60 Å². The second-order valence-corrected chi connectivity index (χ2v) is 8.97. The summed E-state index contributed by atoms with van der Waals surface area (Å²) in [5.41, 5.74) is -4.59. The van der Waals surface area contributed by atoms with Gasteiger partial charge < -0.3 is 20.4 Å². The molecule has 2 aromatic rings. The molecule has 7 heteroatoms. The molecule has 29 heavy (non-hydrogen) atoms. The molecule has 6 nitrogen and oxygen atoms in total. The normalized spacial score (nSPS) is 26.7. The van der Waals surface area contributed by atoms with Gasteiger partial charge in [0.25, 0.3) is 0 Å². The van der Waals surface area contributed by atoms with E-state index in [2.05, 4.69) is 0 Å². The summed E-state index contributed by atoms with van der Waals surface area (Å²) >= 11 is 1.29. The summed E-state index contributed by atoms with van der Waals surface area (Å²) in [6, 6.07) is 6.38. The summed E-state index contributed by atoms with van der Waals surface area (Å²) in [4.78, 5) is 26.0. The van der Waals surface area contributed by atoms with Crippen LogP contribution in [0.15, 0.2) is 29.2 Å². The van der Waals surface area contributed by atoms with Gasteiger partial charge in [0, 0.05) is 15.8 Å². The lowest BCUT2D eigenvalue weighted by atomic mass is 9.60. The number of hydrogen-bond donors (Lipinski definition) is 4. The molecule has 0 aliphatic heterocycles. The molecule has 0 spiro atoms. The Balaban J connectivity index is 2.47. The monoisotopic (exact) mass is 418 g/mol. The lowest BCUT2D eigenvalue weighted by Crippen LogP contribution is -2.65. The number of Topliss-reactive ketones (excluding diaryl/α,β-unsaturated/α-hetero) is 1. The number of benzene rings is 2. The van der Waals surface area contributed by atoms with Crippen LogP contribution >= 0.6 is 11.8 Å². The summed E-state index contributed by atoms with van der Waals surface area (Å²) in [6.07, 6.45) is 2.19. The van der Waals surface area contributed by atoms with Crippen LogP contribution in [0.5, 0.6) is 5.75 Å². The highest BCUT2D eigenvalue weighted by molar-refractivity contribution is 7.99. The van der Waals surface area contributed by atoms with Gasteiger partial charge >= 0.3 is 5.97 Å². The summed E-state index contributed by atoms with van der Waals surface area (Å²) in [6.45, 7) is 5.21. The molecule has 0 saturated carbocycles. The highest BCUT2D eigenvalue weighted by atomic mass is 32.2. The van der Waals surface area contributed by atoms with Crippen LogP contribution in [0.3, 0.4) is 0 Å². The first kappa shape index (κ1) is 21.6. The zero-order chi connectivity index (χ0) is 21.7. The quantitative estimate of drug-likeness (QED) is 0.549. The second-order valence-electron chi connectivity index (χ2n) is 8.15. The number of carboxylic acid groups (broad SMARTS) is 1. The number of carbonyl (C=O) groups excluding carboxylic acids is 1. The number of aliphatic carboxylic acids is 1. The minimum Gasteiger partial charge on any atom is -0.507 e. The fourth-order valence-electron chi connectivity index (χ4n) is 4.31. The predicted octanol–water partition coefficient (Wildman–Crippen LogP) is 3.54. The third-order valence-corrected chi connectivity index (χ3v) is 6.90. The van der Waals surface area contributed by atoms with Crippen LogP contribution in [-0.2, 0) is 10.4 Å². The lowest BCUT2D eigenvalue weighted by Gasteiger charge is -2.48. The molecule has 0 radical (unpaired) electrons. The average Bonchev–Trinajstić information content (AvgIpc) is 2.68. The fourth-order valence-corrected chi connectivity index (χ4v) is 5.13. The Hall–Kier alpha value is -2.09. The maximum Gasteiger partial charge on any atom is 0.339 e. The molecule has 0 bridgehead atoms. The Labute approximate surface area is 173 Å². The van der Waals surface area contributed by atoms with Crippen molar-refractivity contribution in [2.75, 3.05) is 6.26 Å². The molecule has 4 N–H and O–H groups in total. The molecule has 0 amide bonds. The summed E-state index contributed by atoms with van der Waals surface area (Å²) in [7, 11) is 0. The van der Waals surface area contributed by atoms with E-state index in [0.717, 1.165) is 0 Å². The lowest BCUT2D eigenvalue weighted by molar-refractivity contribution is -0.210. The Kier molecular flexibility index (Phi) is 5.45. The molecule has 3 rings (SSSR count). The number of fused-ring (bicyclic) bond motifs is 2. The number of aliphatic hydroxyl groups is 2. The van der Waals surface area contributed by atoms with Gasteiger partial charge in [-0.2, -0.15) is 0 Å². The predicted molar refractivity (Wildman–Crippen MR) is 111 cm³/mol. The molecule has 3 atom stereocenters. The molecule has 0 heterocycles. The summed E-state index contributed by atoms with van der Waals surface area (Å²) in [5, 5.41) is 44.3. The molecule has 1 aliphatic rings. The number of phenols is 1. The molecule has 1 aliphatic carbocycles. The number of phenolic OH excluding ortho intramolecular Hbond substituents is 1. The van der Waals surface area contributed by atoms with Gasteiger partial charge in [0.15, 0.2) is 5.78 Å². The number of carboxylic acids is 1. The molecular formula is C22H26O6S. The summed E-state index contributed by atoms with van der Waals surface area (Å²) in [5.74, 6) is -3.42. The van der Waals surface area contributed by atoms with E-state index in [-0.39, 0.29) is 29.2 Å². The largest absolute Gasteiger partial charge is 0.507 e. The fraction of sp³-hybridized carbons (Fsp3) is 0.455. The topological polar surface area (TPSA) is 115 Å². The Morgan fingerprint density at radius 3 is 2.45 bits per heavy atom. The van der Waals surface area contributed by atoms with Gasteiger partial charge in [-0.15, -0.1) is 11.8 Å². The second kappa shape index (κ2) is 7.31. The third kappa shape index (κ3) is 2.95. The van der Waals surface area contributed by atoms with Crippen molar-refractivity contribution in [2.45, 2.75) is 49.7 Å². The van der Waals surface area contributed by atoms with E-state index >= 15 is 0 Å². The maximum atomic E-state index is 13.3. The molecule has 0 fully saturated rings. The van der Waals surface area contributed by atoms with Crippen molar-refractivity contribution < 1.29 is 30.0 Å². The van der Waals surface area contributed by atoms with Crippen molar-refractivity contribution in [3.05, 3.63) is 35.4 Å². The highest BCUT2D eigenvalue weighted by Crippen LogP contribution is 2.52. The van der Waals surface area contributed by atoms with Crippen molar-refractivity contribution in [3.8, 4) is 5.75 Å². The first-order valence-corrected chi connectivity index (χ1v) is 10.8. The number of ketones is 1.